The molecule has 19 heavy (non-hydrogen) atoms. The summed E-state index contributed by atoms with van der Waals surface area (Å²) in [5.41, 5.74) is 0.928. The lowest BCUT2D eigenvalue weighted by atomic mass is 10.00. The maximum absolute atomic E-state index is 11.6. The molecule has 2 heterocycles. The summed E-state index contributed by atoms with van der Waals surface area (Å²) in [6, 6.07) is 0. The second-order valence-corrected chi connectivity index (χ2v) is 6.23. The number of hydrogen-bond acceptors (Lipinski definition) is 3. The number of nitrogens with zero attached hydrogens (tertiary/aromatic N) is 2. The van der Waals surface area contributed by atoms with E-state index in [0.717, 1.165) is 22.0 Å². The van der Waals surface area contributed by atoms with Crippen LogP contribution in [0.15, 0.2) is 15.5 Å². The maximum Gasteiger partial charge on any atom is 0.347 e. The molecule has 0 radical (unpaired) electrons. The molecule has 0 atom stereocenters. The summed E-state index contributed by atoms with van der Waals surface area (Å²) in [5, 5.41) is 1.34. The van der Waals surface area contributed by atoms with E-state index in [-0.39, 0.29) is 5.69 Å². The topological polar surface area (TPSA) is 58.6 Å². The molecular formula is C13H13BrClN3O. The molecule has 1 N–H and O–H groups in total. The average Bonchev–Trinajstić information content (AvgIpc) is 2.86. The summed E-state index contributed by atoms with van der Waals surface area (Å²) in [4.78, 5) is 22.5. The lowest BCUT2D eigenvalue weighted by molar-refractivity contribution is 0.540. The van der Waals surface area contributed by atoms with Gasteiger partial charge in [-0.1, -0.05) is 37.3 Å². The third-order valence-electron chi connectivity index (χ3n) is 3.69. The van der Waals surface area contributed by atoms with Gasteiger partial charge in [0, 0.05) is 11.9 Å². The Bertz CT molecular complexity index is 679. The molecule has 3 rings (SSSR count). The van der Waals surface area contributed by atoms with Crippen LogP contribution in [0.5, 0.6) is 0 Å². The fourth-order valence-corrected chi connectivity index (χ4v) is 3.33. The van der Waals surface area contributed by atoms with Crippen molar-refractivity contribution in [3.8, 4) is 0 Å². The molecule has 6 heteroatoms. The van der Waals surface area contributed by atoms with Crippen molar-refractivity contribution in [1.29, 1.82) is 0 Å². The van der Waals surface area contributed by atoms with Crippen LogP contribution in [0.1, 0.15) is 31.4 Å². The lowest BCUT2D eigenvalue weighted by Gasteiger charge is -2.11. The summed E-state index contributed by atoms with van der Waals surface area (Å²) in [7, 11) is 0. The first kappa shape index (κ1) is 13.1. The Hall–Kier alpha value is -0.940. The molecular weight excluding hydrogens is 330 g/mol. The van der Waals surface area contributed by atoms with Gasteiger partial charge in [0.15, 0.2) is 5.65 Å². The number of aromatic nitrogens is 3. The first-order valence-corrected chi connectivity index (χ1v) is 7.55. The van der Waals surface area contributed by atoms with Crippen LogP contribution in [0.4, 0.5) is 0 Å². The summed E-state index contributed by atoms with van der Waals surface area (Å²) in [6.45, 7) is 0. The molecule has 0 bridgehead atoms. The monoisotopic (exact) mass is 341 g/mol. The predicted molar refractivity (Wildman–Crippen MR) is 78.5 cm³/mol. The van der Waals surface area contributed by atoms with Gasteiger partial charge in [0.2, 0.25) is 0 Å². The molecule has 0 unspecified atom stereocenters. The zero-order valence-corrected chi connectivity index (χ0v) is 12.6. The van der Waals surface area contributed by atoms with Crippen molar-refractivity contribution in [1.82, 2.24) is 15.0 Å². The Labute approximate surface area is 123 Å². The largest absolute Gasteiger partial charge is 0.347 e. The zero-order chi connectivity index (χ0) is 13.4. The first-order valence-electron chi connectivity index (χ1n) is 6.38. The van der Waals surface area contributed by atoms with Crippen molar-refractivity contribution in [3.05, 3.63) is 31.9 Å². The second kappa shape index (κ2) is 5.21. The Morgan fingerprint density at radius 1 is 1.42 bits per heavy atom. The highest BCUT2D eigenvalue weighted by Crippen LogP contribution is 2.33. The number of halogens is 2. The quantitative estimate of drug-likeness (QED) is 0.909. The van der Waals surface area contributed by atoms with Crippen LogP contribution in [0, 0.1) is 5.92 Å². The van der Waals surface area contributed by atoms with E-state index in [4.69, 9.17) is 11.6 Å². The van der Waals surface area contributed by atoms with Crippen molar-refractivity contribution >= 4 is 38.6 Å². The highest BCUT2D eigenvalue weighted by Gasteiger charge is 2.19. The molecule has 0 amide bonds. The highest BCUT2D eigenvalue weighted by molar-refractivity contribution is 9.10. The average molecular weight is 343 g/mol. The predicted octanol–water partition coefficient (Wildman–Crippen LogP) is 3.47. The molecule has 2 aromatic heterocycles. The normalized spacial score (nSPS) is 16.3. The van der Waals surface area contributed by atoms with Crippen LogP contribution < -0.4 is 5.69 Å². The Morgan fingerprint density at radius 3 is 2.89 bits per heavy atom. The van der Waals surface area contributed by atoms with Crippen LogP contribution in [0.3, 0.4) is 0 Å². The number of nitrogens with one attached hydrogen (secondary N) is 1. The minimum Gasteiger partial charge on any atom is -0.309 e. The van der Waals surface area contributed by atoms with E-state index in [1.807, 2.05) is 0 Å². The van der Waals surface area contributed by atoms with Crippen molar-refractivity contribution < 1.29 is 0 Å². The molecule has 4 nitrogen and oxygen atoms in total. The summed E-state index contributed by atoms with van der Waals surface area (Å²) >= 11 is 9.69. The molecule has 1 aliphatic rings. The van der Waals surface area contributed by atoms with E-state index in [0.29, 0.717) is 16.6 Å². The number of fused-ring (bicyclic) bond motifs is 1. The Morgan fingerprint density at radius 2 is 2.16 bits per heavy atom. The van der Waals surface area contributed by atoms with Gasteiger partial charge < -0.3 is 4.98 Å². The fraction of sp³-hybridized carbons (Fsp3) is 0.462. The van der Waals surface area contributed by atoms with Crippen LogP contribution in [0.2, 0.25) is 5.02 Å². The molecule has 0 aromatic carbocycles. The van der Waals surface area contributed by atoms with Gasteiger partial charge >= 0.3 is 5.69 Å². The summed E-state index contributed by atoms with van der Waals surface area (Å²) in [6.07, 6.45) is 7.39. The van der Waals surface area contributed by atoms with Crippen LogP contribution >= 0.6 is 27.5 Å². The van der Waals surface area contributed by atoms with Crippen molar-refractivity contribution in [2.45, 2.75) is 32.1 Å². The van der Waals surface area contributed by atoms with Gasteiger partial charge in [-0.15, -0.1) is 0 Å². The van der Waals surface area contributed by atoms with Gasteiger partial charge in [0.05, 0.1) is 14.9 Å². The van der Waals surface area contributed by atoms with E-state index in [1.54, 1.807) is 6.20 Å². The van der Waals surface area contributed by atoms with Gasteiger partial charge in [0.25, 0.3) is 0 Å². The van der Waals surface area contributed by atoms with Crippen molar-refractivity contribution in [2.75, 3.05) is 0 Å². The van der Waals surface area contributed by atoms with Gasteiger partial charge in [-0.25, -0.2) is 9.78 Å². The fourth-order valence-electron chi connectivity index (χ4n) is 2.78. The highest BCUT2D eigenvalue weighted by atomic mass is 79.9. The number of pyridine rings is 1. The molecule has 0 aliphatic heterocycles. The first-order chi connectivity index (χ1) is 9.15. The van der Waals surface area contributed by atoms with E-state index < -0.39 is 0 Å². The maximum atomic E-state index is 11.6. The van der Waals surface area contributed by atoms with E-state index in [2.05, 4.69) is 30.9 Å². The van der Waals surface area contributed by atoms with Crippen LogP contribution in [-0.4, -0.2) is 15.0 Å². The van der Waals surface area contributed by atoms with E-state index >= 15 is 0 Å². The number of hydrogen-bond donors (Lipinski definition) is 1. The van der Waals surface area contributed by atoms with E-state index in [9.17, 15) is 4.79 Å². The molecule has 0 saturated heterocycles. The van der Waals surface area contributed by atoms with Gasteiger partial charge in [-0.2, -0.15) is 4.98 Å². The summed E-state index contributed by atoms with van der Waals surface area (Å²) in [5.74, 6) is 0.622. The molecule has 1 saturated carbocycles. The van der Waals surface area contributed by atoms with Gasteiger partial charge in [0.1, 0.15) is 0 Å². The standard InChI is InChI=1S/C13H13BrClN3O/c14-8-6-16-12-10(11(8)15)9(17-13(19)18-12)5-7-3-1-2-4-7/h6-7H,1-5H2,(H,16,17,18,19). The summed E-state index contributed by atoms with van der Waals surface area (Å²) < 4.78 is 0.725. The second-order valence-electron chi connectivity index (χ2n) is 4.99. The third-order valence-corrected chi connectivity index (χ3v) is 4.91. The Kier molecular flexibility index (Phi) is 3.58. The van der Waals surface area contributed by atoms with E-state index in [1.165, 1.54) is 25.7 Å². The van der Waals surface area contributed by atoms with Gasteiger partial charge in [-0.3, -0.25) is 0 Å². The third kappa shape index (κ3) is 2.54. The van der Waals surface area contributed by atoms with Gasteiger partial charge in [-0.05, 0) is 28.3 Å². The molecule has 2 aromatic rings. The van der Waals surface area contributed by atoms with Crippen molar-refractivity contribution in [3.63, 3.8) is 0 Å². The Balaban J connectivity index is 2.15. The zero-order valence-electron chi connectivity index (χ0n) is 10.2. The van der Waals surface area contributed by atoms with Crippen LogP contribution in [0.25, 0.3) is 11.0 Å². The SMILES string of the molecule is O=c1nc2ncc(Br)c(Cl)c2c(CC2CCCC2)[nH]1. The minimum absolute atomic E-state index is 0.355. The lowest BCUT2D eigenvalue weighted by Crippen LogP contribution is -2.16. The number of aromatic amines is 1. The molecule has 0 spiro atoms. The number of rotatable bonds is 2. The number of H-pyrrole nitrogens is 1. The molecule has 1 fully saturated rings. The molecule has 1 aliphatic carbocycles. The van der Waals surface area contributed by atoms with Crippen LogP contribution in [-0.2, 0) is 6.42 Å². The smallest absolute Gasteiger partial charge is 0.309 e. The van der Waals surface area contributed by atoms with Crippen molar-refractivity contribution in [2.24, 2.45) is 5.92 Å². The minimum atomic E-state index is -0.355. The molecule has 100 valence electrons.